The van der Waals surface area contributed by atoms with E-state index in [1.807, 2.05) is 4.57 Å². The molecule has 1 fully saturated rings. The highest BCUT2D eigenvalue weighted by Crippen LogP contribution is 2.30. The quantitative estimate of drug-likeness (QED) is 0.215. The molecule has 1 saturated heterocycles. The topological polar surface area (TPSA) is 130 Å². The zero-order valence-electron chi connectivity index (χ0n) is 23.9. The molecule has 0 aliphatic carbocycles. The van der Waals surface area contributed by atoms with Crippen LogP contribution in [0.15, 0.2) is 60.9 Å². The van der Waals surface area contributed by atoms with Crippen LogP contribution >= 0.6 is 11.3 Å². The lowest BCUT2D eigenvalue weighted by atomic mass is 10.0. The summed E-state index contributed by atoms with van der Waals surface area (Å²) in [6.07, 6.45) is 4.27. The summed E-state index contributed by atoms with van der Waals surface area (Å²) >= 11 is 1.41. The molecule has 7 rings (SSSR count). The van der Waals surface area contributed by atoms with Crippen LogP contribution in [0.25, 0.3) is 32.9 Å². The number of thiazole rings is 1. The molecule has 6 aromatic rings. The van der Waals surface area contributed by atoms with Crippen molar-refractivity contribution >= 4 is 28.3 Å². The van der Waals surface area contributed by atoms with Gasteiger partial charge in [-0.2, -0.15) is 0 Å². The van der Waals surface area contributed by atoms with E-state index in [0.717, 1.165) is 23.4 Å². The highest BCUT2D eigenvalue weighted by molar-refractivity contribution is 7.15. The monoisotopic (exact) mass is 629 g/mol. The third kappa shape index (κ3) is 5.89. The Kier molecular flexibility index (Phi) is 7.51. The summed E-state index contributed by atoms with van der Waals surface area (Å²) < 4.78 is 45.9. The van der Waals surface area contributed by atoms with Crippen LogP contribution in [0.1, 0.15) is 33.2 Å². The number of carboxylic acids is 1. The first kappa shape index (κ1) is 28.7. The molecular weight excluding hydrogens is 604 g/mol. The molecule has 228 valence electrons. The Morgan fingerprint density at radius 2 is 2.00 bits per heavy atom. The summed E-state index contributed by atoms with van der Waals surface area (Å²) in [5, 5.41) is 18.2. The first-order valence-corrected chi connectivity index (χ1v) is 14.9. The zero-order chi connectivity index (χ0) is 31.1. The molecule has 5 heterocycles. The van der Waals surface area contributed by atoms with E-state index in [1.54, 1.807) is 54.5 Å². The lowest BCUT2D eigenvalue weighted by Gasteiger charge is -2.27. The van der Waals surface area contributed by atoms with Crippen LogP contribution < -0.4 is 4.74 Å². The Labute approximate surface area is 258 Å². The van der Waals surface area contributed by atoms with Crippen molar-refractivity contribution in [2.75, 3.05) is 6.61 Å². The number of carbonyl (C=O) groups is 1. The number of benzene rings is 2. The molecule has 11 nitrogen and oxygen atoms in total. The Morgan fingerprint density at radius 1 is 1.13 bits per heavy atom. The van der Waals surface area contributed by atoms with Crippen LogP contribution in [0.4, 0.5) is 8.78 Å². The summed E-state index contributed by atoms with van der Waals surface area (Å²) in [5.74, 6) is -1.62. The number of pyridine rings is 1. The molecule has 14 heteroatoms. The molecule has 0 unspecified atom stereocenters. The van der Waals surface area contributed by atoms with E-state index in [-0.39, 0.29) is 47.4 Å². The van der Waals surface area contributed by atoms with E-state index < -0.39 is 17.6 Å². The molecule has 4 aromatic heterocycles. The van der Waals surface area contributed by atoms with Crippen molar-refractivity contribution < 1.29 is 28.2 Å². The lowest BCUT2D eigenvalue weighted by molar-refractivity contribution is -0.0589. The van der Waals surface area contributed by atoms with Gasteiger partial charge in [0.25, 0.3) is 0 Å². The Bertz CT molecular complexity index is 2050. The van der Waals surface area contributed by atoms with Gasteiger partial charge < -0.3 is 19.1 Å². The number of carboxylic acid groups (broad SMARTS) is 1. The van der Waals surface area contributed by atoms with Crippen LogP contribution in [0, 0.1) is 11.6 Å². The van der Waals surface area contributed by atoms with Gasteiger partial charge in [-0.15, -0.1) is 16.4 Å². The molecule has 0 spiro atoms. The van der Waals surface area contributed by atoms with Crippen molar-refractivity contribution in [3.63, 3.8) is 0 Å². The van der Waals surface area contributed by atoms with Gasteiger partial charge in [-0.3, -0.25) is 4.68 Å². The number of hydrogen-bond donors (Lipinski definition) is 1. The lowest BCUT2D eigenvalue weighted by Crippen LogP contribution is -2.31. The molecule has 0 saturated carbocycles. The first-order chi connectivity index (χ1) is 21.8. The van der Waals surface area contributed by atoms with Crippen molar-refractivity contribution in [2.24, 2.45) is 7.05 Å². The van der Waals surface area contributed by atoms with Crippen molar-refractivity contribution in [3.8, 4) is 27.7 Å². The summed E-state index contributed by atoms with van der Waals surface area (Å²) in [6, 6.07) is 11.8. The molecule has 1 aliphatic heterocycles. The second-order valence-electron chi connectivity index (χ2n) is 10.6. The summed E-state index contributed by atoms with van der Waals surface area (Å²) in [5.41, 5.74) is 2.30. The summed E-state index contributed by atoms with van der Waals surface area (Å²) in [6.45, 7) is 1.21. The van der Waals surface area contributed by atoms with Crippen LogP contribution in [0.3, 0.4) is 0 Å². The highest BCUT2D eigenvalue weighted by Gasteiger charge is 2.24. The van der Waals surface area contributed by atoms with Gasteiger partial charge in [0.2, 0.25) is 5.88 Å². The highest BCUT2D eigenvalue weighted by atomic mass is 32.1. The Morgan fingerprint density at radius 3 is 2.76 bits per heavy atom. The Hall–Kier alpha value is -5.08. The van der Waals surface area contributed by atoms with Crippen molar-refractivity contribution in [3.05, 3.63) is 94.5 Å². The minimum Gasteiger partial charge on any atom is -0.478 e. The number of fused-ring (bicyclic) bond motifs is 1. The number of aromatic nitrogens is 7. The van der Waals surface area contributed by atoms with Gasteiger partial charge in [0, 0.05) is 37.9 Å². The first-order valence-electron chi connectivity index (χ1n) is 14.0. The number of halogens is 2. The molecule has 2 aromatic carbocycles. The normalized spacial score (nSPS) is 14.5. The van der Waals surface area contributed by atoms with Gasteiger partial charge in [0.15, 0.2) is 0 Å². The fraction of sp³-hybridized carbons (Fsp3) is 0.226. The minimum atomic E-state index is -1.06. The summed E-state index contributed by atoms with van der Waals surface area (Å²) in [4.78, 5) is 25.8. The van der Waals surface area contributed by atoms with Gasteiger partial charge >= 0.3 is 5.97 Å². The second-order valence-corrected chi connectivity index (χ2v) is 11.7. The fourth-order valence-electron chi connectivity index (χ4n) is 5.10. The minimum absolute atomic E-state index is 0.00617. The maximum absolute atomic E-state index is 15.5. The third-order valence-corrected chi connectivity index (χ3v) is 8.48. The van der Waals surface area contributed by atoms with Crippen molar-refractivity contribution in [1.29, 1.82) is 0 Å². The molecular formula is C31H25F2N7O4S. The predicted molar refractivity (Wildman–Crippen MR) is 160 cm³/mol. The number of aromatic carboxylic acids is 1. The van der Waals surface area contributed by atoms with E-state index in [2.05, 4.69) is 25.3 Å². The number of hydrogen-bond acceptors (Lipinski definition) is 9. The van der Waals surface area contributed by atoms with Gasteiger partial charge in [-0.05, 0) is 48.4 Å². The maximum Gasteiger partial charge on any atom is 0.335 e. The molecule has 1 aliphatic rings. The molecule has 1 atom stereocenters. The standard InChI is InChI=1S/C31H25F2N7O4S/c1-39-15-25(37-38-39)27-13-34-30(45-27)16-44-29-4-2-3-23(36-29)20-12-21(32)18(9-22(20)33)11-28-35-24-6-5-17(31(41)42)10-26(24)40(28)14-19-7-8-43-19/h2-6,9-10,12-13,15,19H,7-8,11,14,16H2,1H3,(H,41,42)/t19-/m0/s1. The summed E-state index contributed by atoms with van der Waals surface area (Å²) in [7, 11) is 1.78. The van der Waals surface area contributed by atoms with Gasteiger partial charge in [-0.1, -0.05) is 11.3 Å². The maximum atomic E-state index is 15.5. The largest absolute Gasteiger partial charge is 0.478 e. The van der Waals surface area contributed by atoms with E-state index in [0.29, 0.717) is 40.7 Å². The molecule has 0 bridgehead atoms. The van der Waals surface area contributed by atoms with E-state index >= 15 is 8.78 Å². The SMILES string of the molecule is Cn1cc(-c2cnc(COc3cccc(-c4cc(F)c(Cc5nc6ccc(C(=O)O)cc6n5C[C@@H]5CCO5)cc4F)n3)s2)nn1. The number of imidazole rings is 1. The number of ether oxygens (including phenoxy) is 2. The van der Waals surface area contributed by atoms with E-state index in [4.69, 9.17) is 9.47 Å². The molecule has 0 radical (unpaired) electrons. The van der Waals surface area contributed by atoms with Gasteiger partial charge in [-0.25, -0.2) is 28.5 Å². The van der Waals surface area contributed by atoms with Crippen LogP contribution in [0.5, 0.6) is 5.88 Å². The van der Waals surface area contributed by atoms with Crippen molar-refractivity contribution in [2.45, 2.75) is 32.1 Å². The average molecular weight is 630 g/mol. The number of rotatable bonds is 10. The van der Waals surface area contributed by atoms with E-state index in [1.165, 1.54) is 17.4 Å². The van der Waals surface area contributed by atoms with Crippen LogP contribution in [-0.2, 0) is 31.4 Å². The van der Waals surface area contributed by atoms with Crippen LogP contribution in [-0.4, -0.2) is 58.3 Å². The zero-order valence-corrected chi connectivity index (χ0v) is 24.7. The van der Waals surface area contributed by atoms with E-state index in [9.17, 15) is 9.90 Å². The smallest absolute Gasteiger partial charge is 0.335 e. The third-order valence-electron chi connectivity index (χ3n) is 7.49. The van der Waals surface area contributed by atoms with Gasteiger partial charge in [0.1, 0.15) is 34.8 Å². The number of aryl methyl sites for hydroxylation is 1. The molecule has 0 amide bonds. The second kappa shape index (κ2) is 11.8. The Balaban J connectivity index is 1.11. The predicted octanol–water partition coefficient (Wildman–Crippen LogP) is 5.29. The number of nitrogens with zero attached hydrogens (tertiary/aromatic N) is 7. The average Bonchev–Trinajstić information content (AvgIpc) is 3.74. The molecule has 45 heavy (non-hydrogen) atoms. The molecule has 1 N–H and O–H groups in total. The van der Waals surface area contributed by atoms with Crippen LogP contribution in [0.2, 0.25) is 0 Å². The van der Waals surface area contributed by atoms with Gasteiger partial charge in [0.05, 0.1) is 46.0 Å². The fourth-order valence-corrected chi connectivity index (χ4v) is 5.88. The van der Waals surface area contributed by atoms with Crippen molar-refractivity contribution in [1.82, 2.24) is 34.5 Å².